The Bertz CT molecular complexity index is 818. The summed E-state index contributed by atoms with van der Waals surface area (Å²) in [6.07, 6.45) is 3.33. The molecule has 3 aromatic rings. The summed E-state index contributed by atoms with van der Waals surface area (Å²) in [4.78, 5) is 20.4. The molecule has 0 bridgehead atoms. The number of hydrogen-bond donors (Lipinski definition) is 2. The van der Waals surface area contributed by atoms with Gasteiger partial charge in [0.1, 0.15) is 5.75 Å². The zero-order valence-corrected chi connectivity index (χ0v) is 13.8. The number of anilines is 2. The highest BCUT2D eigenvalue weighted by Gasteiger charge is 2.06. The Morgan fingerprint density at radius 1 is 1.00 bits per heavy atom. The summed E-state index contributed by atoms with van der Waals surface area (Å²) < 4.78 is 5.12. The van der Waals surface area contributed by atoms with Crippen LogP contribution in [0.15, 0.2) is 67.0 Å². The molecule has 2 aromatic carbocycles. The molecule has 0 saturated heterocycles. The number of nitrogens with zero attached hydrogens (tertiary/aromatic N) is 2. The maximum absolute atomic E-state index is 12.2. The fraction of sp³-hybridized carbons (Fsp3) is 0.105. The minimum atomic E-state index is -0.127. The lowest BCUT2D eigenvalue weighted by Crippen LogP contribution is -2.22. The van der Waals surface area contributed by atoms with Crippen molar-refractivity contribution in [2.45, 2.75) is 6.54 Å². The van der Waals surface area contributed by atoms with Crippen LogP contribution in [-0.4, -0.2) is 23.0 Å². The van der Waals surface area contributed by atoms with Gasteiger partial charge in [-0.25, -0.2) is 9.97 Å². The molecule has 0 saturated carbocycles. The van der Waals surface area contributed by atoms with Crippen LogP contribution in [0.1, 0.15) is 15.9 Å². The molecule has 0 spiro atoms. The molecule has 6 nitrogen and oxygen atoms in total. The van der Waals surface area contributed by atoms with E-state index in [2.05, 4.69) is 20.6 Å². The Balaban J connectivity index is 1.56. The van der Waals surface area contributed by atoms with Gasteiger partial charge in [-0.2, -0.15) is 0 Å². The molecule has 0 fully saturated rings. The molecular formula is C19H18N4O2. The maximum Gasteiger partial charge on any atom is 0.251 e. The third-order valence-electron chi connectivity index (χ3n) is 3.58. The molecule has 1 heterocycles. The number of hydrogen-bond acceptors (Lipinski definition) is 5. The molecule has 1 amide bonds. The number of benzene rings is 2. The first-order chi connectivity index (χ1) is 12.2. The second kappa shape index (κ2) is 7.92. The number of aromatic nitrogens is 2. The average Bonchev–Trinajstić information content (AvgIpc) is 2.68. The Labute approximate surface area is 145 Å². The maximum atomic E-state index is 12.2. The smallest absolute Gasteiger partial charge is 0.251 e. The van der Waals surface area contributed by atoms with Gasteiger partial charge in [-0.05, 0) is 48.0 Å². The van der Waals surface area contributed by atoms with E-state index >= 15 is 0 Å². The van der Waals surface area contributed by atoms with Gasteiger partial charge < -0.3 is 15.4 Å². The van der Waals surface area contributed by atoms with Crippen molar-refractivity contribution in [3.05, 3.63) is 78.1 Å². The average molecular weight is 334 g/mol. The van der Waals surface area contributed by atoms with Crippen LogP contribution in [0.4, 0.5) is 11.6 Å². The van der Waals surface area contributed by atoms with Gasteiger partial charge in [0.25, 0.3) is 5.91 Å². The van der Waals surface area contributed by atoms with E-state index in [4.69, 9.17) is 4.74 Å². The zero-order valence-electron chi connectivity index (χ0n) is 13.8. The van der Waals surface area contributed by atoms with E-state index in [1.807, 2.05) is 36.4 Å². The van der Waals surface area contributed by atoms with Gasteiger partial charge in [0.15, 0.2) is 0 Å². The topological polar surface area (TPSA) is 76.1 Å². The van der Waals surface area contributed by atoms with E-state index in [1.165, 1.54) is 0 Å². The number of methoxy groups -OCH3 is 1. The summed E-state index contributed by atoms with van der Waals surface area (Å²) in [5, 5.41) is 5.97. The molecule has 6 heteroatoms. The van der Waals surface area contributed by atoms with E-state index in [1.54, 1.807) is 37.7 Å². The third-order valence-corrected chi connectivity index (χ3v) is 3.58. The van der Waals surface area contributed by atoms with Crippen molar-refractivity contribution in [3.8, 4) is 5.75 Å². The predicted molar refractivity (Wildman–Crippen MR) is 95.9 cm³/mol. The number of amides is 1. The highest BCUT2D eigenvalue weighted by Crippen LogP contribution is 2.14. The van der Waals surface area contributed by atoms with Crippen molar-refractivity contribution in [1.29, 1.82) is 0 Å². The first-order valence-electron chi connectivity index (χ1n) is 7.80. The normalized spacial score (nSPS) is 10.1. The highest BCUT2D eigenvalue weighted by atomic mass is 16.5. The molecule has 0 aliphatic carbocycles. The standard InChI is InChI=1S/C19H18N4O2/c1-25-17-9-3-14(4-10-17)13-22-18(24)15-5-7-16(8-6-15)23-19-20-11-2-12-21-19/h2-12H,13H2,1H3,(H,22,24)(H,20,21,23). The van der Waals surface area contributed by atoms with E-state index in [0.29, 0.717) is 18.1 Å². The monoisotopic (exact) mass is 334 g/mol. The molecule has 1 aromatic heterocycles. The molecule has 0 aliphatic heterocycles. The van der Waals surface area contributed by atoms with Crippen molar-refractivity contribution >= 4 is 17.5 Å². The predicted octanol–water partition coefficient (Wildman–Crippen LogP) is 3.16. The molecule has 0 radical (unpaired) electrons. The van der Waals surface area contributed by atoms with Gasteiger partial charge in [-0.3, -0.25) is 4.79 Å². The lowest BCUT2D eigenvalue weighted by atomic mass is 10.1. The summed E-state index contributed by atoms with van der Waals surface area (Å²) >= 11 is 0. The minimum Gasteiger partial charge on any atom is -0.497 e. The molecule has 0 aliphatic rings. The van der Waals surface area contributed by atoms with Crippen molar-refractivity contribution < 1.29 is 9.53 Å². The van der Waals surface area contributed by atoms with Crippen LogP contribution in [0, 0.1) is 0 Å². The van der Waals surface area contributed by atoms with Gasteiger partial charge in [0, 0.05) is 30.2 Å². The number of ether oxygens (including phenoxy) is 1. The zero-order chi connectivity index (χ0) is 17.5. The van der Waals surface area contributed by atoms with Crippen LogP contribution in [0.2, 0.25) is 0 Å². The van der Waals surface area contributed by atoms with Crippen molar-refractivity contribution in [2.75, 3.05) is 12.4 Å². The number of rotatable bonds is 6. The molecule has 3 rings (SSSR count). The molecule has 0 unspecified atom stereocenters. The lowest BCUT2D eigenvalue weighted by Gasteiger charge is -2.08. The van der Waals surface area contributed by atoms with Crippen LogP contribution in [0.5, 0.6) is 5.75 Å². The Morgan fingerprint density at radius 2 is 1.68 bits per heavy atom. The van der Waals surface area contributed by atoms with Gasteiger partial charge in [0.05, 0.1) is 7.11 Å². The molecule has 126 valence electrons. The Kier molecular flexibility index (Phi) is 5.21. The molecule has 2 N–H and O–H groups in total. The second-order valence-corrected chi connectivity index (χ2v) is 5.31. The minimum absolute atomic E-state index is 0.127. The van der Waals surface area contributed by atoms with E-state index < -0.39 is 0 Å². The first-order valence-corrected chi connectivity index (χ1v) is 7.80. The SMILES string of the molecule is COc1ccc(CNC(=O)c2ccc(Nc3ncccn3)cc2)cc1. The fourth-order valence-electron chi connectivity index (χ4n) is 2.23. The largest absolute Gasteiger partial charge is 0.497 e. The molecular weight excluding hydrogens is 316 g/mol. The van der Waals surface area contributed by atoms with Crippen LogP contribution >= 0.6 is 0 Å². The highest BCUT2D eigenvalue weighted by molar-refractivity contribution is 5.94. The van der Waals surface area contributed by atoms with Crippen molar-refractivity contribution in [2.24, 2.45) is 0 Å². The van der Waals surface area contributed by atoms with Gasteiger partial charge in [-0.1, -0.05) is 12.1 Å². The number of carbonyl (C=O) groups is 1. The number of nitrogens with one attached hydrogen (secondary N) is 2. The van der Waals surface area contributed by atoms with Gasteiger partial charge in [0.2, 0.25) is 5.95 Å². The Morgan fingerprint density at radius 3 is 2.32 bits per heavy atom. The molecule has 25 heavy (non-hydrogen) atoms. The van der Waals surface area contributed by atoms with E-state index in [9.17, 15) is 4.79 Å². The fourth-order valence-corrected chi connectivity index (χ4v) is 2.23. The van der Waals surface area contributed by atoms with Crippen LogP contribution in [0.3, 0.4) is 0 Å². The summed E-state index contributed by atoms with van der Waals surface area (Å²) in [7, 11) is 1.62. The van der Waals surface area contributed by atoms with Crippen molar-refractivity contribution in [1.82, 2.24) is 15.3 Å². The van der Waals surface area contributed by atoms with Crippen LogP contribution in [-0.2, 0) is 6.54 Å². The van der Waals surface area contributed by atoms with Crippen LogP contribution in [0.25, 0.3) is 0 Å². The second-order valence-electron chi connectivity index (χ2n) is 5.31. The van der Waals surface area contributed by atoms with E-state index in [0.717, 1.165) is 17.0 Å². The summed E-state index contributed by atoms with van der Waals surface area (Å²) in [5.41, 5.74) is 2.42. The molecule has 0 atom stereocenters. The lowest BCUT2D eigenvalue weighted by molar-refractivity contribution is 0.0951. The summed E-state index contributed by atoms with van der Waals surface area (Å²) in [5.74, 6) is 1.18. The first kappa shape index (κ1) is 16.4. The summed E-state index contributed by atoms with van der Waals surface area (Å²) in [6.45, 7) is 0.459. The quantitative estimate of drug-likeness (QED) is 0.724. The van der Waals surface area contributed by atoms with Gasteiger partial charge >= 0.3 is 0 Å². The van der Waals surface area contributed by atoms with E-state index in [-0.39, 0.29) is 5.91 Å². The van der Waals surface area contributed by atoms with Gasteiger partial charge in [-0.15, -0.1) is 0 Å². The number of carbonyl (C=O) groups excluding carboxylic acids is 1. The van der Waals surface area contributed by atoms with Crippen LogP contribution < -0.4 is 15.4 Å². The van der Waals surface area contributed by atoms with Crippen molar-refractivity contribution in [3.63, 3.8) is 0 Å². The Hall–Kier alpha value is -3.41. The summed E-state index contributed by atoms with van der Waals surface area (Å²) in [6, 6.07) is 16.5. The third kappa shape index (κ3) is 4.54.